The number of H-pyrrole nitrogens is 1. The third-order valence-corrected chi connectivity index (χ3v) is 7.52. The fourth-order valence-corrected chi connectivity index (χ4v) is 5.92. The van der Waals surface area contributed by atoms with Gasteiger partial charge in [0.15, 0.2) is 0 Å². The SMILES string of the molecule is O=c1[nH]c(CSc2nnnn2C2CCCCC2)nc2scc(-c3ccccc3Cl)c12. The maximum Gasteiger partial charge on any atom is 0.260 e. The van der Waals surface area contributed by atoms with Crippen LogP contribution in [-0.2, 0) is 5.75 Å². The summed E-state index contributed by atoms with van der Waals surface area (Å²) in [7, 11) is 0. The van der Waals surface area contributed by atoms with Crippen LogP contribution in [-0.4, -0.2) is 30.2 Å². The Labute approximate surface area is 185 Å². The van der Waals surface area contributed by atoms with Gasteiger partial charge < -0.3 is 4.98 Å². The number of tetrazole rings is 1. The summed E-state index contributed by atoms with van der Waals surface area (Å²) in [5, 5.41) is 16.1. The van der Waals surface area contributed by atoms with Crippen molar-refractivity contribution >= 4 is 44.9 Å². The van der Waals surface area contributed by atoms with Crippen LogP contribution in [0.4, 0.5) is 0 Å². The van der Waals surface area contributed by atoms with Gasteiger partial charge in [-0.1, -0.05) is 60.8 Å². The minimum atomic E-state index is -0.154. The van der Waals surface area contributed by atoms with Gasteiger partial charge in [0, 0.05) is 21.5 Å². The molecule has 1 aliphatic carbocycles. The molecule has 30 heavy (non-hydrogen) atoms. The molecule has 1 saturated carbocycles. The Bertz CT molecular complexity index is 1240. The van der Waals surface area contributed by atoms with Crippen molar-refractivity contribution < 1.29 is 0 Å². The van der Waals surface area contributed by atoms with E-state index in [1.54, 1.807) is 0 Å². The summed E-state index contributed by atoms with van der Waals surface area (Å²) in [6.45, 7) is 0. The van der Waals surface area contributed by atoms with Gasteiger partial charge in [-0.05, 0) is 29.3 Å². The molecule has 0 radical (unpaired) electrons. The van der Waals surface area contributed by atoms with Crippen LogP contribution in [0.3, 0.4) is 0 Å². The largest absolute Gasteiger partial charge is 0.309 e. The van der Waals surface area contributed by atoms with E-state index in [0.717, 1.165) is 29.1 Å². The molecule has 1 aliphatic rings. The van der Waals surface area contributed by atoms with Crippen LogP contribution in [0.1, 0.15) is 44.0 Å². The minimum absolute atomic E-state index is 0.154. The summed E-state index contributed by atoms with van der Waals surface area (Å²) in [6.07, 6.45) is 5.93. The molecule has 10 heteroatoms. The molecule has 0 saturated heterocycles. The van der Waals surface area contributed by atoms with Crippen LogP contribution in [0.25, 0.3) is 21.3 Å². The van der Waals surface area contributed by atoms with Gasteiger partial charge in [0.1, 0.15) is 10.7 Å². The number of aromatic amines is 1. The molecule has 0 amide bonds. The lowest BCUT2D eigenvalue weighted by atomic mass is 9.96. The van der Waals surface area contributed by atoms with Crippen molar-refractivity contribution in [3.05, 3.63) is 50.8 Å². The molecule has 154 valence electrons. The van der Waals surface area contributed by atoms with Crippen molar-refractivity contribution in [2.75, 3.05) is 0 Å². The van der Waals surface area contributed by atoms with Crippen LogP contribution in [0.5, 0.6) is 0 Å². The van der Waals surface area contributed by atoms with Crippen molar-refractivity contribution in [1.29, 1.82) is 0 Å². The van der Waals surface area contributed by atoms with Crippen LogP contribution >= 0.6 is 34.7 Å². The van der Waals surface area contributed by atoms with E-state index in [9.17, 15) is 4.79 Å². The predicted octanol–water partition coefficient (Wildman–Crippen LogP) is 5.09. The first-order chi connectivity index (χ1) is 14.7. The Kier molecular flexibility index (Phi) is 5.58. The molecule has 5 rings (SSSR count). The second-order valence-electron chi connectivity index (χ2n) is 7.31. The van der Waals surface area contributed by atoms with E-state index in [1.165, 1.54) is 42.4 Å². The molecule has 0 atom stereocenters. The van der Waals surface area contributed by atoms with Crippen LogP contribution in [0.15, 0.2) is 39.6 Å². The zero-order valence-electron chi connectivity index (χ0n) is 16.0. The highest BCUT2D eigenvalue weighted by Crippen LogP contribution is 2.35. The fraction of sp³-hybridized carbons (Fsp3) is 0.350. The summed E-state index contributed by atoms with van der Waals surface area (Å²) >= 11 is 9.28. The van der Waals surface area contributed by atoms with E-state index in [1.807, 2.05) is 34.3 Å². The highest BCUT2D eigenvalue weighted by atomic mass is 35.5. The van der Waals surface area contributed by atoms with E-state index in [2.05, 4.69) is 25.5 Å². The molecule has 4 aromatic rings. The highest BCUT2D eigenvalue weighted by molar-refractivity contribution is 7.98. The third-order valence-electron chi connectivity index (χ3n) is 5.38. The van der Waals surface area contributed by atoms with Crippen LogP contribution in [0.2, 0.25) is 5.02 Å². The van der Waals surface area contributed by atoms with E-state index in [0.29, 0.717) is 32.9 Å². The van der Waals surface area contributed by atoms with Crippen molar-refractivity contribution in [1.82, 2.24) is 30.2 Å². The quantitative estimate of drug-likeness (QED) is 0.419. The molecule has 1 N–H and O–H groups in total. The molecular weight excluding hydrogens is 440 g/mol. The predicted molar refractivity (Wildman–Crippen MR) is 120 cm³/mol. The number of fused-ring (bicyclic) bond motifs is 1. The molecule has 3 heterocycles. The van der Waals surface area contributed by atoms with Gasteiger partial charge in [0.25, 0.3) is 5.56 Å². The summed E-state index contributed by atoms with van der Waals surface area (Å²) < 4.78 is 1.93. The van der Waals surface area contributed by atoms with Gasteiger partial charge in [0.2, 0.25) is 5.16 Å². The van der Waals surface area contributed by atoms with Crippen molar-refractivity contribution in [3.8, 4) is 11.1 Å². The number of aromatic nitrogens is 6. The minimum Gasteiger partial charge on any atom is -0.309 e. The number of thiophene rings is 1. The highest BCUT2D eigenvalue weighted by Gasteiger charge is 2.21. The summed E-state index contributed by atoms with van der Waals surface area (Å²) in [5.74, 6) is 1.11. The Morgan fingerprint density at radius 1 is 1.20 bits per heavy atom. The maximum atomic E-state index is 12.9. The average molecular weight is 459 g/mol. The first-order valence-electron chi connectivity index (χ1n) is 9.86. The van der Waals surface area contributed by atoms with Crippen molar-refractivity contribution in [2.24, 2.45) is 0 Å². The van der Waals surface area contributed by atoms with Gasteiger partial charge in [-0.15, -0.1) is 16.4 Å². The van der Waals surface area contributed by atoms with Crippen LogP contribution < -0.4 is 5.56 Å². The molecule has 0 bridgehead atoms. The lowest BCUT2D eigenvalue weighted by molar-refractivity contribution is 0.307. The number of halogens is 1. The third kappa shape index (κ3) is 3.77. The van der Waals surface area contributed by atoms with E-state index in [4.69, 9.17) is 11.6 Å². The molecule has 7 nitrogen and oxygen atoms in total. The summed E-state index contributed by atoms with van der Waals surface area (Å²) in [5.41, 5.74) is 1.50. The molecule has 1 aromatic carbocycles. The number of nitrogens with zero attached hydrogens (tertiary/aromatic N) is 5. The molecule has 1 fully saturated rings. The van der Waals surface area contributed by atoms with Crippen molar-refractivity contribution in [2.45, 2.75) is 49.1 Å². The molecule has 0 unspecified atom stereocenters. The average Bonchev–Trinajstić information content (AvgIpc) is 3.40. The fourth-order valence-electron chi connectivity index (χ4n) is 3.91. The standard InChI is InChI=1S/C20H19ClN6OS2/c21-15-9-5-4-8-13(15)14-10-29-19-17(14)18(28)22-16(23-19)11-30-20-24-25-26-27(20)12-6-2-1-3-7-12/h4-5,8-10,12H,1-3,6-7,11H2,(H,22,23,28). The lowest BCUT2D eigenvalue weighted by Crippen LogP contribution is -2.15. The number of benzene rings is 1. The summed E-state index contributed by atoms with van der Waals surface area (Å²) in [4.78, 5) is 21.2. The molecular formula is C20H19ClN6OS2. The van der Waals surface area contributed by atoms with Gasteiger partial charge in [0.05, 0.1) is 17.2 Å². The monoisotopic (exact) mass is 458 g/mol. The molecule has 0 aliphatic heterocycles. The van der Waals surface area contributed by atoms with E-state index in [-0.39, 0.29) is 5.56 Å². The van der Waals surface area contributed by atoms with Gasteiger partial charge >= 0.3 is 0 Å². The van der Waals surface area contributed by atoms with Crippen molar-refractivity contribution in [3.63, 3.8) is 0 Å². The second-order valence-corrected chi connectivity index (χ2v) is 9.52. The van der Waals surface area contributed by atoms with Gasteiger partial charge in [-0.3, -0.25) is 4.79 Å². The second kappa shape index (κ2) is 8.49. The lowest BCUT2D eigenvalue weighted by Gasteiger charge is -2.21. The number of nitrogens with one attached hydrogen (secondary N) is 1. The van der Waals surface area contributed by atoms with Gasteiger partial charge in [-0.2, -0.15) is 0 Å². The maximum absolute atomic E-state index is 12.9. The smallest absolute Gasteiger partial charge is 0.260 e. The summed E-state index contributed by atoms with van der Waals surface area (Å²) in [6, 6.07) is 7.88. The van der Waals surface area contributed by atoms with E-state index >= 15 is 0 Å². The Hall–Kier alpha value is -2.23. The van der Waals surface area contributed by atoms with Crippen LogP contribution in [0, 0.1) is 0 Å². The Balaban J connectivity index is 1.40. The van der Waals surface area contributed by atoms with Gasteiger partial charge in [-0.25, -0.2) is 9.67 Å². The normalized spacial score (nSPS) is 15.1. The number of hydrogen-bond acceptors (Lipinski definition) is 7. The molecule has 0 spiro atoms. The first kappa shape index (κ1) is 19.7. The zero-order chi connectivity index (χ0) is 20.5. The number of hydrogen-bond donors (Lipinski definition) is 1. The topological polar surface area (TPSA) is 89.4 Å². The Morgan fingerprint density at radius 2 is 2.03 bits per heavy atom. The number of thioether (sulfide) groups is 1. The Morgan fingerprint density at radius 3 is 2.87 bits per heavy atom. The number of rotatable bonds is 5. The zero-order valence-corrected chi connectivity index (χ0v) is 18.4. The van der Waals surface area contributed by atoms with E-state index < -0.39 is 0 Å². The molecule has 3 aromatic heterocycles. The first-order valence-corrected chi connectivity index (χ1v) is 12.1.